The van der Waals surface area contributed by atoms with Gasteiger partial charge in [0.25, 0.3) is 0 Å². The minimum Gasteiger partial charge on any atom is -0.341 e. The van der Waals surface area contributed by atoms with Gasteiger partial charge >= 0.3 is 0 Å². The van der Waals surface area contributed by atoms with E-state index in [4.69, 9.17) is 0 Å². The SMILES string of the molecule is CC(C)CNCc1cn(CC(=O)N2CCC2)nn1. The first-order chi connectivity index (χ1) is 8.65. The molecule has 1 amide bonds. The van der Waals surface area contributed by atoms with Gasteiger partial charge in [0.05, 0.1) is 11.9 Å². The molecule has 100 valence electrons. The first kappa shape index (κ1) is 13.0. The second-order valence-corrected chi connectivity index (χ2v) is 5.17. The summed E-state index contributed by atoms with van der Waals surface area (Å²) in [5.41, 5.74) is 0.882. The van der Waals surface area contributed by atoms with Gasteiger partial charge in [-0.1, -0.05) is 19.1 Å². The number of hydrogen-bond donors (Lipinski definition) is 1. The molecule has 0 aromatic carbocycles. The van der Waals surface area contributed by atoms with Gasteiger partial charge in [0.1, 0.15) is 6.54 Å². The van der Waals surface area contributed by atoms with E-state index in [1.165, 1.54) is 0 Å². The third-order valence-corrected chi connectivity index (χ3v) is 2.95. The van der Waals surface area contributed by atoms with Crippen LogP contribution in [0.5, 0.6) is 0 Å². The maximum Gasteiger partial charge on any atom is 0.244 e. The summed E-state index contributed by atoms with van der Waals surface area (Å²) < 4.78 is 1.62. The second-order valence-electron chi connectivity index (χ2n) is 5.17. The fourth-order valence-corrected chi connectivity index (χ4v) is 1.79. The maximum atomic E-state index is 11.7. The van der Waals surface area contributed by atoms with Crippen molar-refractivity contribution < 1.29 is 4.79 Å². The standard InChI is InChI=1S/C12H21N5O/c1-10(2)6-13-7-11-8-17(15-14-11)9-12(18)16-4-3-5-16/h8,10,13H,3-7,9H2,1-2H3. The molecule has 1 aliphatic heterocycles. The second kappa shape index (κ2) is 5.95. The smallest absolute Gasteiger partial charge is 0.244 e. The molecule has 2 heterocycles. The number of aromatic nitrogens is 3. The van der Waals surface area contributed by atoms with Crippen molar-refractivity contribution in [3.63, 3.8) is 0 Å². The van der Waals surface area contributed by atoms with Gasteiger partial charge in [-0.15, -0.1) is 5.10 Å². The van der Waals surface area contributed by atoms with Gasteiger partial charge in [0.2, 0.25) is 5.91 Å². The van der Waals surface area contributed by atoms with E-state index in [1.54, 1.807) is 4.68 Å². The maximum absolute atomic E-state index is 11.7. The fourth-order valence-electron chi connectivity index (χ4n) is 1.79. The molecule has 1 N–H and O–H groups in total. The molecule has 1 aromatic heterocycles. The topological polar surface area (TPSA) is 63.1 Å². The van der Waals surface area contributed by atoms with Crippen LogP contribution in [0.25, 0.3) is 0 Å². The van der Waals surface area contributed by atoms with Gasteiger partial charge in [0.15, 0.2) is 0 Å². The lowest BCUT2D eigenvalue weighted by Crippen LogP contribution is -2.43. The van der Waals surface area contributed by atoms with Gasteiger partial charge < -0.3 is 10.2 Å². The quantitative estimate of drug-likeness (QED) is 0.787. The summed E-state index contributed by atoms with van der Waals surface area (Å²) in [5, 5.41) is 11.3. The molecule has 0 atom stereocenters. The first-order valence-corrected chi connectivity index (χ1v) is 6.52. The van der Waals surface area contributed by atoms with Gasteiger partial charge in [-0.2, -0.15) is 0 Å². The number of amides is 1. The van der Waals surface area contributed by atoms with Crippen LogP contribution in [-0.4, -0.2) is 45.4 Å². The van der Waals surface area contributed by atoms with E-state index in [0.29, 0.717) is 19.0 Å². The van der Waals surface area contributed by atoms with Crippen molar-refractivity contribution in [3.05, 3.63) is 11.9 Å². The van der Waals surface area contributed by atoms with Crippen LogP contribution >= 0.6 is 0 Å². The molecule has 6 heteroatoms. The summed E-state index contributed by atoms with van der Waals surface area (Å²) in [4.78, 5) is 13.6. The molecule has 0 radical (unpaired) electrons. The van der Waals surface area contributed by atoms with E-state index < -0.39 is 0 Å². The number of nitrogens with zero attached hydrogens (tertiary/aromatic N) is 4. The molecule has 1 aliphatic rings. The van der Waals surface area contributed by atoms with Crippen molar-refractivity contribution in [2.45, 2.75) is 33.4 Å². The highest BCUT2D eigenvalue weighted by Gasteiger charge is 2.20. The zero-order valence-corrected chi connectivity index (χ0v) is 11.1. The van der Waals surface area contributed by atoms with Gasteiger partial charge in [0, 0.05) is 19.6 Å². The average Bonchev–Trinajstić information content (AvgIpc) is 2.62. The van der Waals surface area contributed by atoms with Crippen LogP contribution in [0.4, 0.5) is 0 Å². The van der Waals surface area contributed by atoms with E-state index in [1.807, 2.05) is 11.1 Å². The molecule has 2 rings (SSSR count). The molecule has 18 heavy (non-hydrogen) atoms. The normalized spacial score (nSPS) is 14.9. The van der Waals surface area contributed by atoms with E-state index >= 15 is 0 Å². The monoisotopic (exact) mass is 251 g/mol. The molecule has 0 spiro atoms. The zero-order valence-electron chi connectivity index (χ0n) is 11.1. The molecule has 0 bridgehead atoms. The summed E-state index contributed by atoms with van der Waals surface area (Å²) in [6.45, 7) is 8.06. The lowest BCUT2D eigenvalue weighted by molar-refractivity contribution is -0.135. The molecule has 6 nitrogen and oxygen atoms in total. The molecule has 0 aliphatic carbocycles. The average molecular weight is 251 g/mol. The molecule has 1 aromatic rings. The number of rotatable bonds is 6. The molecule has 1 saturated heterocycles. The lowest BCUT2D eigenvalue weighted by atomic mass is 10.2. The largest absolute Gasteiger partial charge is 0.341 e. The third-order valence-electron chi connectivity index (χ3n) is 2.95. The van der Waals surface area contributed by atoms with Crippen LogP contribution in [-0.2, 0) is 17.9 Å². The number of carbonyl (C=O) groups excluding carboxylic acids is 1. The van der Waals surface area contributed by atoms with Crippen molar-refractivity contribution in [2.75, 3.05) is 19.6 Å². The highest BCUT2D eigenvalue weighted by Crippen LogP contribution is 2.06. The van der Waals surface area contributed by atoms with Gasteiger partial charge in [-0.25, -0.2) is 4.68 Å². The number of hydrogen-bond acceptors (Lipinski definition) is 4. The summed E-state index contributed by atoms with van der Waals surface area (Å²) in [7, 11) is 0. The molecular formula is C12H21N5O. The van der Waals surface area contributed by atoms with E-state index in [9.17, 15) is 4.79 Å². The molecular weight excluding hydrogens is 230 g/mol. The van der Waals surface area contributed by atoms with Crippen LogP contribution in [0.2, 0.25) is 0 Å². The zero-order chi connectivity index (χ0) is 13.0. The summed E-state index contributed by atoms with van der Waals surface area (Å²) in [5.74, 6) is 0.751. The Labute approximate surface area is 107 Å². The Morgan fingerprint density at radius 1 is 1.50 bits per heavy atom. The van der Waals surface area contributed by atoms with Crippen molar-refractivity contribution in [3.8, 4) is 0 Å². The van der Waals surface area contributed by atoms with Gasteiger partial charge in [-0.3, -0.25) is 4.79 Å². The van der Waals surface area contributed by atoms with Gasteiger partial charge in [-0.05, 0) is 18.9 Å². The molecule has 0 unspecified atom stereocenters. The fraction of sp³-hybridized carbons (Fsp3) is 0.750. The third kappa shape index (κ3) is 3.53. The van der Waals surface area contributed by atoms with Crippen molar-refractivity contribution >= 4 is 5.91 Å². The van der Waals surface area contributed by atoms with Crippen LogP contribution < -0.4 is 5.32 Å². The summed E-state index contributed by atoms with van der Waals surface area (Å²) in [6, 6.07) is 0. The van der Waals surface area contributed by atoms with Crippen LogP contribution in [0, 0.1) is 5.92 Å². The molecule has 1 fully saturated rings. The highest BCUT2D eigenvalue weighted by atomic mass is 16.2. The lowest BCUT2D eigenvalue weighted by Gasteiger charge is -2.30. The minimum absolute atomic E-state index is 0.132. The van der Waals surface area contributed by atoms with Crippen molar-refractivity contribution in [1.29, 1.82) is 0 Å². The van der Waals surface area contributed by atoms with Crippen molar-refractivity contribution in [1.82, 2.24) is 25.2 Å². The Morgan fingerprint density at radius 3 is 2.89 bits per heavy atom. The van der Waals surface area contributed by atoms with E-state index in [0.717, 1.165) is 31.7 Å². The predicted molar refractivity (Wildman–Crippen MR) is 67.8 cm³/mol. The van der Waals surface area contributed by atoms with E-state index in [-0.39, 0.29) is 5.91 Å². The Kier molecular flexibility index (Phi) is 4.30. The highest BCUT2D eigenvalue weighted by molar-refractivity contribution is 5.76. The first-order valence-electron chi connectivity index (χ1n) is 6.52. The molecule has 0 saturated carbocycles. The number of carbonyl (C=O) groups is 1. The Balaban J connectivity index is 1.76. The Hall–Kier alpha value is -1.43. The Bertz CT molecular complexity index is 397. The van der Waals surface area contributed by atoms with Crippen molar-refractivity contribution in [2.24, 2.45) is 5.92 Å². The van der Waals surface area contributed by atoms with Crippen LogP contribution in [0.3, 0.4) is 0 Å². The van der Waals surface area contributed by atoms with Crippen LogP contribution in [0.15, 0.2) is 6.20 Å². The minimum atomic E-state index is 0.132. The number of likely N-dealkylation sites (tertiary alicyclic amines) is 1. The summed E-state index contributed by atoms with van der Waals surface area (Å²) >= 11 is 0. The Morgan fingerprint density at radius 2 is 2.28 bits per heavy atom. The van der Waals surface area contributed by atoms with Crippen LogP contribution in [0.1, 0.15) is 26.0 Å². The van der Waals surface area contributed by atoms with E-state index in [2.05, 4.69) is 29.5 Å². The predicted octanol–water partition coefficient (Wildman–Crippen LogP) is 0.256. The summed E-state index contributed by atoms with van der Waals surface area (Å²) in [6.07, 6.45) is 2.96. The number of nitrogens with one attached hydrogen (secondary N) is 1.